The number of rotatable bonds is 4. The van der Waals surface area contributed by atoms with Crippen molar-refractivity contribution in [3.63, 3.8) is 0 Å². The lowest BCUT2D eigenvalue weighted by Crippen LogP contribution is -2.13. The van der Waals surface area contributed by atoms with Crippen LogP contribution >= 0.6 is 0 Å². The summed E-state index contributed by atoms with van der Waals surface area (Å²) in [6.07, 6.45) is -3.69. The number of pyridine rings is 1. The number of hydrogen-bond acceptors (Lipinski definition) is 4. The summed E-state index contributed by atoms with van der Waals surface area (Å²) in [5.41, 5.74) is -2.14. The number of nitrogens with one attached hydrogen (secondary N) is 1. The minimum absolute atomic E-state index is 0.0625. The zero-order valence-corrected chi connectivity index (χ0v) is 12.2. The molecule has 4 nitrogen and oxygen atoms in total. The molecule has 0 aliphatic carbocycles. The molecule has 0 bridgehead atoms. The average Bonchev–Trinajstić information content (AvgIpc) is 2.53. The second-order valence-electron chi connectivity index (χ2n) is 4.66. The molecule has 0 radical (unpaired) electrons. The molecule has 0 saturated heterocycles. The van der Waals surface area contributed by atoms with Gasteiger partial charge in [-0.15, -0.1) is 0 Å². The molecule has 1 aromatic carbocycles. The fourth-order valence-electron chi connectivity index (χ4n) is 1.93. The molecule has 0 saturated carbocycles. The van der Waals surface area contributed by atoms with Gasteiger partial charge in [0.05, 0.1) is 12.7 Å². The van der Waals surface area contributed by atoms with Crippen LogP contribution in [0, 0.1) is 11.6 Å². The van der Waals surface area contributed by atoms with E-state index in [2.05, 4.69) is 15.0 Å². The fraction of sp³-hybridized carbons (Fsp3) is 0.200. The highest BCUT2D eigenvalue weighted by Gasteiger charge is 2.35. The quantitative estimate of drug-likeness (QED) is 0.676. The van der Waals surface area contributed by atoms with Gasteiger partial charge in [-0.2, -0.15) is 13.2 Å². The summed E-state index contributed by atoms with van der Waals surface area (Å²) in [6.45, 7) is -0.549. The molecule has 1 N–H and O–H groups in total. The zero-order chi connectivity index (χ0) is 17.9. The summed E-state index contributed by atoms with van der Waals surface area (Å²) in [6, 6.07) is 3.52. The van der Waals surface area contributed by atoms with E-state index >= 15 is 0 Å². The van der Waals surface area contributed by atoms with Crippen LogP contribution in [0.2, 0.25) is 0 Å². The van der Waals surface area contributed by atoms with Crippen LogP contribution in [0.5, 0.6) is 0 Å². The number of ether oxygens (including phenoxy) is 1. The summed E-state index contributed by atoms with van der Waals surface area (Å²) in [7, 11) is 1.15. The molecule has 128 valence electrons. The van der Waals surface area contributed by atoms with Crippen LogP contribution in [0.4, 0.5) is 27.6 Å². The first kappa shape index (κ1) is 17.6. The lowest BCUT2D eigenvalue weighted by molar-refractivity contribution is -0.140. The first-order chi connectivity index (χ1) is 11.2. The number of esters is 1. The summed E-state index contributed by atoms with van der Waals surface area (Å²) in [5.74, 6) is -3.53. The van der Waals surface area contributed by atoms with Crippen LogP contribution < -0.4 is 5.32 Å². The average molecular weight is 346 g/mol. The molecule has 0 aliphatic heterocycles. The standard InChI is InChI=1S/C15H11F5N2O2/c1-24-14(23)12-6-8(4-5-21-12)22-7-9-11(16)3-2-10(13(9)17)15(18,19)20/h2-6H,7H2,1H3,(H,21,22). The Morgan fingerprint density at radius 1 is 1.25 bits per heavy atom. The van der Waals surface area contributed by atoms with Gasteiger partial charge in [0.15, 0.2) is 0 Å². The number of hydrogen-bond donors (Lipinski definition) is 1. The zero-order valence-electron chi connectivity index (χ0n) is 12.2. The summed E-state index contributed by atoms with van der Waals surface area (Å²) in [5, 5.41) is 2.55. The van der Waals surface area contributed by atoms with Gasteiger partial charge in [-0.05, 0) is 24.3 Å². The molecule has 2 aromatic rings. The smallest absolute Gasteiger partial charge is 0.419 e. The molecule has 24 heavy (non-hydrogen) atoms. The molecule has 0 spiro atoms. The van der Waals surface area contributed by atoms with Gasteiger partial charge >= 0.3 is 12.1 Å². The Morgan fingerprint density at radius 3 is 2.58 bits per heavy atom. The van der Waals surface area contributed by atoms with Crippen molar-refractivity contribution in [3.05, 3.63) is 58.9 Å². The predicted octanol–water partition coefficient (Wildman–Crippen LogP) is 3.78. The number of carbonyl (C=O) groups is 1. The Kier molecular flexibility index (Phi) is 5.01. The maximum atomic E-state index is 13.9. The fourth-order valence-corrected chi connectivity index (χ4v) is 1.93. The summed E-state index contributed by atoms with van der Waals surface area (Å²) < 4.78 is 70.0. The minimum Gasteiger partial charge on any atom is -0.464 e. The second kappa shape index (κ2) is 6.81. The Balaban J connectivity index is 2.25. The Labute approximate surface area is 133 Å². The number of alkyl halides is 3. The van der Waals surface area contributed by atoms with Crippen LogP contribution in [-0.4, -0.2) is 18.1 Å². The van der Waals surface area contributed by atoms with Gasteiger partial charge in [-0.1, -0.05) is 0 Å². The van der Waals surface area contributed by atoms with Crippen LogP contribution in [0.25, 0.3) is 0 Å². The Hall–Kier alpha value is -2.71. The van der Waals surface area contributed by atoms with Crippen molar-refractivity contribution >= 4 is 11.7 Å². The molecule has 1 heterocycles. The van der Waals surface area contributed by atoms with Crippen molar-refractivity contribution in [1.82, 2.24) is 4.98 Å². The molecule has 9 heteroatoms. The molecule has 1 aromatic heterocycles. The van der Waals surface area contributed by atoms with Gasteiger partial charge in [0.25, 0.3) is 0 Å². The molecule has 2 rings (SSSR count). The molecule has 0 fully saturated rings. The van der Waals surface area contributed by atoms with Gasteiger partial charge in [0.1, 0.15) is 17.3 Å². The maximum Gasteiger partial charge on any atom is 0.419 e. The minimum atomic E-state index is -4.93. The van der Waals surface area contributed by atoms with E-state index in [1.54, 1.807) is 0 Å². The van der Waals surface area contributed by atoms with E-state index in [1.807, 2.05) is 0 Å². The van der Waals surface area contributed by atoms with Crippen LogP contribution in [0.3, 0.4) is 0 Å². The third kappa shape index (κ3) is 3.79. The highest BCUT2D eigenvalue weighted by molar-refractivity contribution is 5.88. The van der Waals surface area contributed by atoms with Gasteiger partial charge in [0, 0.05) is 24.0 Å². The maximum absolute atomic E-state index is 13.9. The van der Waals surface area contributed by atoms with E-state index in [0.29, 0.717) is 12.1 Å². The number of carbonyl (C=O) groups excluding carboxylic acids is 1. The number of halogens is 5. The van der Waals surface area contributed by atoms with Crippen molar-refractivity contribution in [2.45, 2.75) is 12.7 Å². The Bertz CT molecular complexity index is 762. The van der Waals surface area contributed by atoms with Crippen molar-refractivity contribution < 1.29 is 31.5 Å². The topological polar surface area (TPSA) is 51.2 Å². The monoisotopic (exact) mass is 346 g/mol. The van der Waals surface area contributed by atoms with Crippen molar-refractivity contribution in [1.29, 1.82) is 0 Å². The van der Waals surface area contributed by atoms with E-state index in [1.165, 1.54) is 18.3 Å². The molecule has 0 unspecified atom stereocenters. The van der Waals surface area contributed by atoms with E-state index in [9.17, 15) is 26.7 Å². The second-order valence-corrected chi connectivity index (χ2v) is 4.66. The highest BCUT2D eigenvalue weighted by Crippen LogP contribution is 2.33. The van der Waals surface area contributed by atoms with Crippen molar-refractivity contribution in [3.8, 4) is 0 Å². The van der Waals surface area contributed by atoms with Crippen molar-refractivity contribution in [2.24, 2.45) is 0 Å². The van der Waals surface area contributed by atoms with Gasteiger partial charge in [-0.3, -0.25) is 0 Å². The lowest BCUT2D eigenvalue weighted by atomic mass is 10.1. The number of methoxy groups -OCH3 is 1. The predicted molar refractivity (Wildman–Crippen MR) is 74.3 cm³/mol. The first-order valence-corrected chi connectivity index (χ1v) is 6.56. The van der Waals surface area contributed by atoms with Gasteiger partial charge < -0.3 is 10.1 Å². The molecule has 0 atom stereocenters. The van der Waals surface area contributed by atoms with Gasteiger partial charge in [0.2, 0.25) is 0 Å². The van der Waals surface area contributed by atoms with Crippen LogP contribution in [-0.2, 0) is 17.5 Å². The number of benzene rings is 1. The molecule has 0 amide bonds. The molecule has 0 aliphatic rings. The SMILES string of the molecule is COC(=O)c1cc(NCc2c(F)ccc(C(F)(F)F)c2F)ccn1. The normalized spacial score (nSPS) is 11.2. The Morgan fingerprint density at radius 2 is 1.96 bits per heavy atom. The third-order valence-electron chi connectivity index (χ3n) is 3.12. The lowest BCUT2D eigenvalue weighted by Gasteiger charge is -2.13. The summed E-state index contributed by atoms with van der Waals surface area (Å²) >= 11 is 0. The molecular formula is C15H11F5N2O2. The van der Waals surface area contributed by atoms with E-state index < -0.39 is 41.5 Å². The number of aromatic nitrogens is 1. The van der Waals surface area contributed by atoms with Crippen LogP contribution in [0.15, 0.2) is 30.5 Å². The largest absolute Gasteiger partial charge is 0.464 e. The third-order valence-corrected chi connectivity index (χ3v) is 3.12. The first-order valence-electron chi connectivity index (χ1n) is 6.56. The van der Waals surface area contributed by atoms with Crippen LogP contribution in [0.1, 0.15) is 21.6 Å². The number of nitrogens with zero attached hydrogens (tertiary/aromatic N) is 1. The van der Waals surface area contributed by atoms with E-state index in [0.717, 1.165) is 7.11 Å². The van der Waals surface area contributed by atoms with E-state index in [4.69, 9.17) is 0 Å². The highest BCUT2D eigenvalue weighted by atomic mass is 19.4. The van der Waals surface area contributed by atoms with E-state index in [-0.39, 0.29) is 11.4 Å². The number of anilines is 1. The summed E-state index contributed by atoms with van der Waals surface area (Å²) in [4.78, 5) is 15.1. The van der Waals surface area contributed by atoms with Gasteiger partial charge in [-0.25, -0.2) is 18.6 Å². The van der Waals surface area contributed by atoms with Crippen molar-refractivity contribution in [2.75, 3.05) is 12.4 Å². The molecular weight excluding hydrogens is 335 g/mol.